The average molecular weight is 213 g/mol. The fourth-order valence-corrected chi connectivity index (χ4v) is 1.02. The van der Waals surface area contributed by atoms with Crippen LogP contribution in [0.25, 0.3) is 0 Å². The van der Waals surface area contributed by atoms with Crippen LogP contribution in [0.4, 0.5) is 14.5 Å². The molecule has 0 heterocycles. The molecular weight excluding hydrogens is 200 g/mol. The van der Waals surface area contributed by atoms with Crippen molar-refractivity contribution in [1.29, 1.82) is 0 Å². The highest BCUT2D eigenvalue weighted by Gasteiger charge is 2.08. The minimum atomic E-state index is -0.690. The molecule has 0 fully saturated rings. The zero-order chi connectivity index (χ0) is 11.3. The van der Waals surface area contributed by atoms with Gasteiger partial charge in [-0.15, -0.1) is 0 Å². The predicted molar refractivity (Wildman–Crippen MR) is 56.8 cm³/mol. The lowest BCUT2D eigenvalue weighted by molar-refractivity contribution is 0.591. The molecule has 0 radical (unpaired) electrons. The molecule has 1 aromatic carbocycles. The number of halogens is 2. The van der Waals surface area contributed by atoms with Crippen molar-refractivity contribution < 1.29 is 8.78 Å². The highest BCUT2D eigenvalue weighted by atomic mass is 19.1. The molecule has 0 amide bonds. The molecule has 15 heavy (non-hydrogen) atoms. The molecular formula is C10H13F2N3. The normalized spacial score (nSPS) is 11.5. The number of nitrogens with zero attached hydrogens (tertiary/aromatic N) is 1. The SMILES string of the molecule is CCCN=C(N)Nc1c(F)cccc1F. The van der Waals surface area contributed by atoms with Crippen LogP contribution >= 0.6 is 0 Å². The highest BCUT2D eigenvalue weighted by Crippen LogP contribution is 2.17. The second kappa shape index (κ2) is 5.29. The Morgan fingerprint density at radius 1 is 1.40 bits per heavy atom. The van der Waals surface area contributed by atoms with Gasteiger partial charge in [-0.2, -0.15) is 0 Å². The van der Waals surface area contributed by atoms with E-state index < -0.39 is 11.6 Å². The first-order chi connectivity index (χ1) is 7.15. The summed E-state index contributed by atoms with van der Waals surface area (Å²) in [5.74, 6) is -1.37. The maximum absolute atomic E-state index is 13.1. The summed E-state index contributed by atoms with van der Waals surface area (Å²) in [6, 6.07) is 3.59. The number of rotatable bonds is 3. The topological polar surface area (TPSA) is 50.4 Å². The fraction of sp³-hybridized carbons (Fsp3) is 0.300. The summed E-state index contributed by atoms with van der Waals surface area (Å²) in [6.45, 7) is 2.45. The van der Waals surface area contributed by atoms with Gasteiger partial charge in [0, 0.05) is 6.54 Å². The number of guanidine groups is 1. The number of para-hydroxylation sites is 1. The van der Waals surface area contributed by atoms with E-state index in [1.807, 2.05) is 6.92 Å². The van der Waals surface area contributed by atoms with Gasteiger partial charge in [-0.25, -0.2) is 8.78 Å². The summed E-state index contributed by atoms with van der Waals surface area (Å²) in [5.41, 5.74) is 5.17. The molecule has 0 aromatic heterocycles. The Bertz CT molecular complexity index is 343. The molecule has 0 saturated carbocycles. The Kier molecular flexibility index (Phi) is 4.03. The first-order valence-electron chi connectivity index (χ1n) is 4.66. The van der Waals surface area contributed by atoms with Crippen molar-refractivity contribution in [3.8, 4) is 0 Å². The number of benzene rings is 1. The van der Waals surface area contributed by atoms with Crippen LogP contribution in [-0.2, 0) is 0 Å². The number of nitrogens with one attached hydrogen (secondary N) is 1. The summed E-state index contributed by atoms with van der Waals surface area (Å²) in [4.78, 5) is 3.87. The standard InChI is InChI=1S/C10H13F2N3/c1-2-6-14-10(13)15-9-7(11)4-3-5-8(9)12/h3-5H,2,6H2,1H3,(H3,13,14,15). The van der Waals surface area contributed by atoms with E-state index in [-0.39, 0.29) is 11.6 Å². The molecule has 5 heteroatoms. The Balaban J connectivity index is 2.80. The zero-order valence-corrected chi connectivity index (χ0v) is 8.43. The van der Waals surface area contributed by atoms with Crippen molar-refractivity contribution in [2.45, 2.75) is 13.3 Å². The Labute approximate surface area is 87.0 Å². The minimum Gasteiger partial charge on any atom is -0.370 e. The van der Waals surface area contributed by atoms with E-state index in [4.69, 9.17) is 5.73 Å². The Morgan fingerprint density at radius 2 is 2.00 bits per heavy atom. The number of nitrogens with two attached hydrogens (primary N) is 1. The van der Waals surface area contributed by atoms with Gasteiger partial charge in [0.15, 0.2) is 5.96 Å². The van der Waals surface area contributed by atoms with Gasteiger partial charge in [-0.3, -0.25) is 4.99 Å². The fourth-order valence-electron chi connectivity index (χ4n) is 1.02. The molecule has 1 aromatic rings. The monoisotopic (exact) mass is 213 g/mol. The molecule has 3 N–H and O–H groups in total. The van der Waals surface area contributed by atoms with Gasteiger partial charge in [0.25, 0.3) is 0 Å². The average Bonchev–Trinajstić information content (AvgIpc) is 2.21. The number of anilines is 1. The van der Waals surface area contributed by atoms with Crippen LogP contribution in [0.5, 0.6) is 0 Å². The van der Waals surface area contributed by atoms with Gasteiger partial charge >= 0.3 is 0 Å². The van der Waals surface area contributed by atoms with Crippen LogP contribution in [0.2, 0.25) is 0 Å². The van der Waals surface area contributed by atoms with E-state index in [2.05, 4.69) is 10.3 Å². The molecule has 0 unspecified atom stereocenters. The molecule has 0 aliphatic rings. The van der Waals surface area contributed by atoms with Gasteiger partial charge in [0.1, 0.15) is 17.3 Å². The van der Waals surface area contributed by atoms with Crippen LogP contribution < -0.4 is 11.1 Å². The summed E-state index contributed by atoms with van der Waals surface area (Å²) >= 11 is 0. The summed E-state index contributed by atoms with van der Waals surface area (Å²) in [7, 11) is 0. The predicted octanol–water partition coefficient (Wildman–Crippen LogP) is 2.10. The third-order valence-electron chi connectivity index (χ3n) is 1.72. The van der Waals surface area contributed by atoms with Crippen LogP contribution in [-0.4, -0.2) is 12.5 Å². The molecule has 0 aliphatic heterocycles. The van der Waals surface area contributed by atoms with Crippen LogP contribution in [0.15, 0.2) is 23.2 Å². The molecule has 0 atom stereocenters. The summed E-state index contributed by atoms with van der Waals surface area (Å²) in [5, 5.41) is 2.39. The number of hydrogen-bond acceptors (Lipinski definition) is 1. The number of aliphatic imine (C=N–C) groups is 1. The molecule has 82 valence electrons. The molecule has 0 saturated heterocycles. The molecule has 3 nitrogen and oxygen atoms in total. The van der Waals surface area contributed by atoms with Gasteiger partial charge in [0.2, 0.25) is 0 Å². The van der Waals surface area contributed by atoms with Gasteiger partial charge in [0.05, 0.1) is 0 Å². The van der Waals surface area contributed by atoms with Gasteiger partial charge in [-0.05, 0) is 18.6 Å². The maximum atomic E-state index is 13.1. The van der Waals surface area contributed by atoms with Crippen molar-refractivity contribution in [3.63, 3.8) is 0 Å². The maximum Gasteiger partial charge on any atom is 0.193 e. The minimum absolute atomic E-state index is 0.0147. The van der Waals surface area contributed by atoms with E-state index in [9.17, 15) is 8.78 Å². The highest BCUT2D eigenvalue weighted by molar-refractivity contribution is 5.92. The second-order valence-corrected chi connectivity index (χ2v) is 2.99. The van der Waals surface area contributed by atoms with E-state index in [0.29, 0.717) is 6.54 Å². The Hall–Kier alpha value is -1.65. The Morgan fingerprint density at radius 3 is 2.53 bits per heavy atom. The molecule has 0 bridgehead atoms. The number of hydrogen-bond donors (Lipinski definition) is 2. The second-order valence-electron chi connectivity index (χ2n) is 2.99. The van der Waals surface area contributed by atoms with E-state index in [1.54, 1.807) is 0 Å². The quantitative estimate of drug-likeness (QED) is 0.596. The third-order valence-corrected chi connectivity index (χ3v) is 1.72. The third kappa shape index (κ3) is 3.19. The summed E-state index contributed by atoms with van der Waals surface area (Å²) < 4.78 is 26.2. The van der Waals surface area contributed by atoms with Crippen molar-refractivity contribution in [2.24, 2.45) is 10.7 Å². The van der Waals surface area contributed by atoms with E-state index in [1.165, 1.54) is 6.07 Å². The largest absolute Gasteiger partial charge is 0.370 e. The van der Waals surface area contributed by atoms with Crippen molar-refractivity contribution >= 4 is 11.6 Å². The van der Waals surface area contributed by atoms with Crippen LogP contribution in [0.1, 0.15) is 13.3 Å². The van der Waals surface area contributed by atoms with Crippen molar-refractivity contribution in [1.82, 2.24) is 0 Å². The van der Waals surface area contributed by atoms with Crippen molar-refractivity contribution in [3.05, 3.63) is 29.8 Å². The lowest BCUT2D eigenvalue weighted by Gasteiger charge is -2.07. The summed E-state index contributed by atoms with van der Waals surface area (Å²) in [6.07, 6.45) is 0.822. The smallest absolute Gasteiger partial charge is 0.193 e. The first kappa shape index (κ1) is 11.4. The van der Waals surface area contributed by atoms with Gasteiger partial charge in [-0.1, -0.05) is 13.0 Å². The molecule has 0 aliphatic carbocycles. The lowest BCUT2D eigenvalue weighted by atomic mass is 10.3. The molecule has 0 spiro atoms. The van der Waals surface area contributed by atoms with Crippen LogP contribution in [0, 0.1) is 11.6 Å². The zero-order valence-electron chi connectivity index (χ0n) is 8.43. The lowest BCUT2D eigenvalue weighted by Crippen LogP contribution is -2.24. The van der Waals surface area contributed by atoms with Crippen LogP contribution in [0.3, 0.4) is 0 Å². The van der Waals surface area contributed by atoms with Gasteiger partial charge < -0.3 is 11.1 Å². The molecule has 1 rings (SSSR count). The van der Waals surface area contributed by atoms with E-state index >= 15 is 0 Å². The first-order valence-corrected chi connectivity index (χ1v) is 4.66. The van der Waals surface area contributed by atoms with Crippen molar-refractivity contribution in [2.75, 3.05) is 11.9 Å². The van der Waals surface area contributed by atoms with E-state index in [0.717, 1.165) is 18.6 Å².